The van der Waals surface area contributed by atoms with Crippen LogP contribution in [0.15, 0.2) is 24.4 Å². The molecule has 3 heterocycles. The van der Waals surface area contributed by atoms with Crippen LogP contribution in [-0.2, 0) is 16.1 Å². The zero-order valence-electron chi connectivity index (χ0n) is 11.4. The summed E-state index contributed by atoms with van der Waals surface area (Å²) >= 11 is 0. The van der Waals surface area contributed by atoms with Gasteiger partial charge in [-0.1, -0.05) is 6.07 Å². The van der Waals surface area contributed by atoms with Crippen molar-refractivity contribution < 1.29 is 9.47 Å². The van der Waals surface area contributed by atoms with Gasteiger partial charge in [0.05, 0.1) is 31.1 Å². The van der Waals surface area contributed by atoms with Crippen molar-refractivity contribution in [1.29, 1.82) is 0 Å². The third-order valence-electron chi connectivity index (χ3n) is 3.73. The first kappa shape index (κ1) is 17.7. The summed E-state index contributed by atoms with van der Waals surface area (Å²) in [6, 6.07) is 6.47. The highest BCUT2D eigenvalue weighted by atomic mass is 35.5. The van der Waals surface area contributed by atoms with E-state index in [1.165, 1.54) is 6.42 Å². The van der Waals surface area contributed by atoms with Crippen LogP contribution in [0.5, 0.6) is 0 Å². The number of fused-ring (bicyclic) bond motifs is 1. The third-order valence-corrected chi connectivity index (χ3v) is 3.73. The molecule has 0 amide bonds. The maximum Gasteiger partial charge on any atom is 0.0889 e. The smallest absolute Gasteiger partial charge is 0.0889 e. The Kier molecular flexibility index (Phi) is 7.77. The fourth-order valence-electron chi connectivity index (χ4n) is 2.78. The molecule has 1 aromatic rings. The standard InChI is InChI=1S/C14H20N2O2.2ClH/c1-2-7-15-11(3-1)9-17-10-12-4-5-13-14(18-12)6-8-16-13;;/h1-3,7,12-14,16H,4-6,8-10H2;2*1H/t12-,13-,14-;;/m1../s1. The molecule has 20 heavy (non-hydrogen) atoms. The fourth-order valence-corrected chi connectivity index (χ4v) is 2.78. The maximum atomic E-state index is 6.04. The van der Waals surface area contributed by atoms with Gasteiger partial charge in [0.1, 0.15) is 0 Å². The van der Waals surface area contributed by atoms with Gasteiger partial charge < -0.3 is 14.8 Å². The summed E-state index contributed by atoms with van der Waals surface area (Å²) in [5.41, 5.74) is 0.980. The van der Waals surface area contributed by atoms with E-state index in [4.69, 9.17) is 9.47 Å². The summed E-state index contributed by atoms with van der Waals surface area (Å²) in [6.07, 6.45) is 5.90. The molecule has 3 atom stereocenters. The SMILES string of the molecule is Cl.Cl.c1ccc(COC[C@H]2CC[C@H]3NCC[C@H]3O2)nc1. The number of nitrogens with zero attached hydrogens (tertiary/aromatic N) is 1. The van der Waals surface area contributed by atoms with Crippen LogP contribution < -0.4 is 5.32 Å². The Morgan fingerprint density at radius 1 is 1.25 bits per heavy atom. The van der Waals surface area contributed by atoms with E-state index in [1.54, 1.807) is 6.20 Å². The summed E-state index contributed by atoms with van der Waals surface area (Å²) in [6.45, 7) is 2.35. The molecule has 6 heteroatoms. The lowest BCUT2D eigenvalue weighted by Crippen LogP contribution is -2.41. The number of nitrogens with one attached hydrogen (secondary N) is 1. The number of aromatic nitrogens is 1. The molecule has 1 N–H and O–H groups in total. The predicted octanol–water partition coefficient (Wildman–Crippen LogP) is 2.35. The number of rotatable bonds is 4. The number of ether oxygens (including phenoxy) is 2. The van der Waals surface area contributed by atoms with Gasteiger partial charge in [0.2, 0.25) is 0 Å². The molecule has 0 radical (unpaired) electrons. The highest BCUT2D eigenvalue weighted by molar-refractivity contribution is 5.85. The van der Waals surface area contributed by atoms with Crippen LogP contribution in [-0.4, -0.2) is 36.4 Å². The number of hydrogen-bond donors (Lipinski definition) is 1. The van der Waals surface area contributed by atoms with Gasteiger partial charge in [-0.2, -0.15) is 0 Å². The predicted molar refractivity (Wildman–Crippen MR) is 82.7 cm³/mol. The third kappa shape index (κ3) is 4.57. The van der Waals surface area contributed by atoms with E-state index in [9.17, 15) is 0 Å². The molecule has 2 aliphatic heterocycles. The first-order valence-electron chi connectivity index (χ1n) is 6.78. The van der Waals surface area contributed by atoms with E-state index in [1.807, 2.05) is 18.2 Å². The van der Waals surface area contributed by atoms with E-state index < -0.39 is 0 Å². The molecule has 0 aliphatic carbocycles. The second-order valence-corrected chi connectivity index (χ2v) is 5.06. The average molecular weight is 321 g/mol. The molecule has 0 spiro atoms. The summed E-state index contributed by atoms with van der Waals surface area (Å²) in [5, 5.41) is 3.49. The van der Waals surface area contributed by atoms with Crippen LogP contribution in [0.2, 0.25) is 0 Å². The first-order chi connectivity index (χ1) is 8.92. The van der Waals surface area contributed by atoms with E-state index in [2.05, 4.69) is 10.3 Å². The van der Waals surface area contributed by atoms with Crippen molar-refractivity contribution in [2.24, 2.45) is 0 Å². The summed E-state index contributed by atoms with van der Waals surface area (Å²) in [7, 11) is 0. The highest BCUT2D eigenvalue weighted by Gasteiger charge is 2.34. The van der Waals surface area contributed by atoms with Crippen molar-refractivity contribution in [3.63, 3.8) is 0 Å². The Hall–Kier alpha value is -0.390. The average Bonchev–Trinajstić information content (AvgIpc) is 2.87. The summed E-state index contributed by atoms with van der Waals surface area (Å²) < 4.78 is 11.7. The Bertz CT molecular complexity index is 381. The Morgan fingerprint density at radius 3 is 2.95 bits per heavy atom. The maximum absolute atomic E-state index is 6.04. The van der Waals surface area contributed by atoms with Gasteiger partial charge in [-0.25, -0.2) is 0 Å². The Morgan fingerprint density at radius 2 is 2.15 bits per heavy atom. The van der Waals surface area contributed by atoms with Crippen molar-refractivity contribution in [3.8, 4) is 0 Å². The van der Waals surface area contributed by atoms with Crippen molar-refractivity contribution >= 4 is 24.8 Å². The Balaban J connectivity index is 0.000001000. The van der Waals surface area contributed by atoms with Crippen molar-refractivity contribution in [3.05, 3.63) is 30.1 Å². The molecule has 3 rings (SSSR count). The second kappa shape index (κ2) is 8.80. The molecule has 0 aromatic carbocycles. The van der Waals surface area contributed by atoms with Crippen LogP contribution in [0.3, 0.4) is 0 Å². The van der Waals surface area contributed by atoms with Gasteiger partial charge in [-0.3, -0.25) is 4.98 Å². The molecular formula is C14H22Cl2N2O2. The van der Waals surface area contributed by atoms with Gasteiger partial charge in [-0.15, -0.1) is 24.8 Å². The molecular weight excluding hydrogens is 299 g/mol. The fraction of sp³-hybridized carbons (Fsp3) is 0.643. The lowest BCUT2D eigenvalue weighted by atomic mass is 10.0. The van der Waals surface area contributed by atoms with Crippen LogP contribution in [0, 0.1) is 0 Å². The minimum Gasteiger partial charge on any atom is -0.372 e. The van der Waals surface area contributed by atoms with Crippen LogP contribution in [0.1, 0.15) is 25.0 Å². The van der Waals surface area contributed by atoms with Crippen LogP contribution in [0.4, 0.5) is 0 Å². The van der Waals surface area contributed by atoms with Crippen molar-refractivity contribution in [2.75, 3.05) is 13.2 Å². The first-order valence-corrected chi connectivity index (χ1v) is 6.78. The summed E-state index contributed by atoms with van der Waals surface area (Å²) in [4.78, 5) is 4.24. The molecule has 0 bridgehead atoms. The van der Waals surface area contributed by atoms with E-state index >= 15 is 0 Å². The topological polar surface area (TPSA) is 43.4 Å². The lowest BCUT2D eigenvalue weighted by molar-refractivity contribution is -0.0911. The molecule has 4 nitrogen and oxygen atoms in total. The number of halogens is 2. The van der Waals surface area contributed by atoms with Gasteiger partial charge in [-0.05, 0) is 37.9 Å². The van der Waals surface area contributed by atoms with Gasteiger partial charge in [0, 0.05) is 12.2 Å². The van der Waals surface area contributed by atoms with Crippen molar-refractivity contribution in [2.45, 2.75) is 44.1 Å². The van der Waals surface area contributed by atoms with Gasteiger partial charge in [0.15, 0.2) is 0 Å². The monoisotopic (exact) mass is 320 g/mol. The lowest BCUT2D eigenvalue weighted by Gasteiger charge is -2.32. The van der Waals surface area contributed by atoms with E-state index in [0.29, 0.717) is 25.4 Å². The molecule has 0 saturated carbocycles. The molecule has 2 aliphatic rings. The zero-order chi connectivity index (χ0) is 12.2. The Labute approximate surface area is 132 Å². The number of pyridine rings is 1. The highest BCUT2D eigenvalue weighted by Crippen LogP contribution is 2.25. The molecule has 0 unspecified atom stereocenters. The van der Waals surface area contributed by atoms with E-state index in [0.717, 1.165) is 25.1 Å². The quantitative estimate of drug-likeness (QED) is 0.924. The zero-order valence-corrected chi connectivity index (χ0v) is 13.0. The van der Waals surface area contributed by atoms with Crippen molar-refractivity contribution in [1.82, 2.24) is 10.3 Å². The van der Waals surface area contributed by atoms with Crippen LogP contribution >= 0.6 is 24.8 Å². The number of hydrogen-bond acceptors (Lipinski definition) is 4. The minimum absolute atomic E-state index is 0. The molecule has 114 valence electrons. The van der Waals surface area contributed by atoms with Gasteiger partial charge in [0.25, 0.3) is 0 Å². The molecule has 2 fully saturated rings. The summed E-state index contributed by atoms with van der Waals surface area (Å²) in [5.74, 6) is 0. The van der Waals surface area contributed by atoms with E-state index in [-0.39, 0.29) is 30.9 Å². The molecule has 2 saturated heterocycles. The molecule has 1 aromatic heterocycles. The van der Waals surface area contributed by atoms with Gasteiger partial charge >= 0.3 is 0 Å². The second-order valence-electron chi connectivity index (χ2n) is 5.06. The normalized spacial score (nSPS) is 28.1. The van der Waals surface area contributed by atoms with Crippen LogP contribution in [0.25, 0.3) is 0 Å². The largest absolute Gasteiger partial charge is 0.372 e. The minimum atomic E-state index is 0.